The van der Waals surface area contributed by atoms with E-state index >= 15 is 0 Å². The van der Waals surface area contributed by atoms with Crippen LogP contribution in [0.3, 0.4) is 0 Å². The highest BCUT2D eigenvalue weighted by molar-refractivity contribution is 5.92. The van der Waals surface area contributed by atoms with Gasteiger partial charge < -0.3 is 9.84 Å². The Bertz CT molecular complexity index is 914. The van der Waals surface area contributed by atoms with E-state index in [1.165, 1.54) is 0 Å². The average molecular weight is 367 g/mol. The van der Waals surface area contributed by atoms with Gasteiger partial charge in [0, 0.05) is 25.6 Å². The first-order valence-corrected chi connectivity index (χ1v) is 8.96. The molecule has 7 nitrogen and oxygen atoms in total. The molecule has 3 aromatic rings. The molecular formula is C20H25N5O2. The number of nitrogens with zero attached hydrogens (tertiary/aromatic N) is 4. The minimum Gasteiger partial charge on any atom is -0.361 e. The Morgan fingerprint density at radius 1 is 1.22 bits per heavy atom. The van der Waals surface area contributed by atoms with E-state index in [-0.39, 0.29) is 5.91 Å². The number of hydrogen-bond donors (Lipinski definition) is 1. The molecule has 0 unspecified atom stereocenters. The van der Waals surface area contributed by atoms with Crippen molar-refractivity contribution >= 4 is 11.6 Å². The molecule has 2 heterocycles. The SMILES string of the molecule is Cc1cc(CN(C)CCC(=O)Nc2c(C)nn(-c3ccccc3)c2C)no1. The molecule has 0 radical (unpaired) electrons. The molecule has 0 spiro atoms. The smallest absolute Gasteiger partial charge is 0.225 e. The monoisotopic (exact) mass is 367 g/mol. The maximum absolute atomic E-state index is 12.4. The molecule has 0 aliphatic carbocycles. The van der Waals surface area contributed by atoms with Crippen molar-refractivity contribution in [3.63, 3.8) is 0 Å². The highest BCUT2D eigenvalue weighted by Gasteiger charge is 2.15. The first-order chi connectivity index (χ1) is 12.9. The molecule has 1 aromatic carbocycles. The summed E-state index contributed by atoms with van der Waals surface area (Å²) in [5.41, 5.74) is 4.33. The third-order valence-electron chi connectivity index (χ3n) is 4.39. The molecule has 0 bridgehead atoms. The first kappa shape index (κ1) is 18.8. The van der Waals surface area contributed by atoms with E-state index in [0.29, 0.717) is 19.5 Å². The van der Waals surface area contributed by atoms with E-state index in [1.807, 2.05) is 73.8 Å². The van der Waals surface area contributed by atoms with Gasteiger partial charge in [0.15, 0.2) is 0 Å². The summed E-state index contributed by atoms with van der Waals surface area (Å²) >= 11 is 0. The molecule has 1 N–H and O–H groups in total. The standard InChI is InChI=1S/C20H25N5O2/c1-14-12-17(23-27-14)13-24(4)11-10-19(26)21-20-15(2)22-25(16(20)3)18-8-6-5-7-9-18/h5-9,12H,10-11,13H2,1-4H3,(H,21,26). The number of para-hydroxylation sites is 1. The Kier molecular flexibility index (Phi) is 5.71. The van der Waals surface area contributed by atoms with Crippen molar-refractivity contribution < 1.29 is 9.32 Å². The van der Waals surface area contributed by atoms with Crippen LogP contribution in [0.5, 0.6) is 0 Å². The molecule has 2 aromatic heterocycles. The van der Waals surface area contributed by atoms with E-state index in [9.17, 15) is 4.79 Å². The van der Waals surface area contributed by atoms with Gasteiger partial charge in [-0.3, -0.25) is 9.69 Å². The van der Waals surface area contributed by atoms with E-state index in [4.69, 9.17) is 4.52 Å². The Balaban J connectivity index is 1.58. The second kappa shape index (κ2) is 8.18. The lowest BCUT2D eigenvalue weighted by Crippen LogP contribution is -2.24. The van der Waals surface area contributed by atoms with Crippen LogP contribution >= 0.6 is 0 Å². The maximum atomic E-state index is 12.4. The van der Waals surface area contributed by atoms with Gasteiger partial charge in [-0.1, -0.05) is 23.4 Å². The second-order valence-corrected chi connectivity index (χ2v) is 6.76. The fourth-order valence-electron chi connectivity index (χ4n) is 2.99. The molecule has 0 aliphatic rings. The molecule has 142 valence electrons. The van der Waals surface area contributed by atoms with E-state index in [2.05, 4.69) is 15.6 Å². The van der Waals surface area contributed by atoms with Crippen LogP contribution < -0.4 is 5.32 Å². The first-order valence-electron chi connectivity index (χ1n) is 8.96. The lowest BCUT2D eigenvalue weighted by molar-refractivity contribution is -0.116. The summed E-state index contributed by atoms with van der Waals surface area (Å²) in [6.45, 7) is 7.00. The van der Waals surface area contributed by atoms with E-state index in [0.717, 1.165) is 34.2 Å². The summed E-state index contributed by atoms with van der Waals surface area (Å²) in [6, 6.07) is 11.8. The summed E-state index contributed by atoms with van der Waals surface area (Å²) < 4.78 is 6.92. The Labute approximate surface area is 159 Å². The fraction of sp³-hybridized carbons (Fsp3) is 0.350. The molecule has 0 atom stereocenters. The van der Waals surface area contributed by atoms with Crippen LogP contribution in [0, 0.1) is 20.8 Å². The summed E-state index contributed by atoms with van der Waals surface area (Å²) in [7, 11) is 1.96. The molecule has 0 fully saturated rings. The van der Waals surface area contributed by atoms with Crippen LogP contribution in [0.15, 0.2) is 40.9 Å². The Morgan fingerprint density at radius 3 is 2.63 bits per heavy atom. The van der Waals surface area contributed by atoms with Crippen molar-refractivity contribution in [2.24, 2.45) is 0 Å². The lowest BCUT2D eigenvalue weighted by Gasteiger charge is -2.14. The molecule has 27 heavy (non-hydrogen) atoms. The van der Waals surface area contributed by atoms with Crippen LogP contribution in [0.2, 0.25) is 0 Å². The average Bonchev–Trinajstić information content (AvgIpc) is 3.18. The second-order valence-electron chi connectivity index (χ2n) is 6.76. The van der Waals surface area contributed by atoms with Gasteiger partial charge in [-0.05, 0) is 40.0 Å². The van der Waals surface area contributed by atoms with E-state index in [1.54, 1.807) is 0 Å². The molecule has 7 heteroatoms. The van der Waals surface area contributed by atoms with Gasteiger partial charge in [0.2, 0.25) is 5.91 Å². The number of aryl methyl sites for hydroxylation is 2. The Morgan fingerprint density at radius 2 is 1.96 bits per heavy atom. The third-order valence-corrected chi connectivity index (χ3v) is 4.39. The number of nitrogens with one attached hydrogen (secondary N) is 1. The normalized spacial score (nSPS) is 11.1. The van der Waals surface area contributed by atoms with Crippen LogP contribution in [0.4, 0.5) is 5.69 Å². The number of benzene rings is 1. The highest BCUT2D eigenvalue weighted by Crippen LogP contribution is 2.22. The fourth-order valence-corrected chi connectivity index (χ4v) is 2.99. The van der Waals surface area contributed by atoms with Crippen molar-refractivity contribution in [1.29, 1.82) is 0 Å². The Hall–Kier alpha value is -2.93. The summed E-state index contributed by atoms with van der Waals surface area (Å²) in [5.74, 6) is 0.759. The van der Waals surface area contributed by atoms with E-state index < -0.39 is 0 Å². The number of anilines is 1. The minimum absolute atomic E-state index is 0.0306. The van der Waals surface area contributed by atoms with Gasteiger partial charge in [-0.25, -0.2) is 4.68 Å². The molecule has 0 saturated heterocycles. The molecule has 0 aliphatic heterocycles. The molecule has 3 rings (SSSR count). The quantitative estimate of drug-likeness (QED) is 0.694. The van der Waals surface area contributed by atoms with Gasteiger partial charge in [0.1, 0.15) is 5.76 Å². The number of carbonyl (C=O) groups excluding carboxylic acids is 1. The summed E-state index contributed by atoms with van der Waals surface area (Å²) in [5, 5.41) is 11.5. The van der Waals surface area contributed by atoms with Crippen molar-refractivity contribution in [3.05, 3.63) is 59.2 Å². The maximum Gasteiger partial charge on any atom is 0.225 e. The number of rotatable bonds is 7. The predicted octanol–water partition coefficient (Wildman–Crippen LogP) is 3.25. The molecule has 1 amide bonds. The van der Waals surface area contributed by atoms with Crippen LogP contribution in [0.25, 0.3) is 5.69 Å². The van der Waals surface area contributed by atoms with Crippen LogP contribution in [-0.2, 0) is 11.3 Å². The zero-order chi connectivity index (χ0) is 19.4. The van der Waals surface area contributed by atoms with Gasteiger partial charge in [-0.15, -0.1) is 0 Å². The van der Waals surface area contributed by atoms with Crippen molar-refractivity contribution in [2.75, 3.05) is 18.9 Å². The summed E-state index contributed by atoms with van der Waals surface area (Å²) in [4.78, 5) is 14.5. The van der Waals surface area contributed by atoms with Gasteiger partial charge >= 0.3 is 0 Å². The number of carbonyl (C=O) groups is 1. The molecule has 0 saturated carbocycles. The highest BCUT2D eigenvalue weighted by atomic mass is 16.5. The predicted molar refractivity (Wildman–Crippen MR) is 104 cm³/mol. The van der Waals surface area contributed by atoms with Crippen molar-refractivity contribution in [2.45, 2.75) is 33.7 Å². The largest absolute Gasteiger partial charge is 0.361 e. The van der Waals surface area contributed by atoms with Crippen molar-refractivity contribution in [3.8, 4) is 5.69 Å². The minimum atomic E-state index is -0.0306. The number of amides is 1. The number of aromatic nitrogens is 3. The van der Waals surface area contributed by atoms with Crippen LogP contribution in [0.1, 0.15) is 29.3 Å². The topological polar surface area (TPSA) is 76.2 Å². The summed E-state index contributed by atoms with van der Waals surface area (Å²) in [6.07, 6.45) is 0.392. The number of hydrogen-bond acceptors (Lipinski definition) is 5. The zero-order valence-corrected chi connectivity index (χ0v) is 16.2. The zero-order valence-electron chi connectivity index (χ0n) is 16.2. The van der Waals surface area contributed by atoms with Gasteiger partial charge in [0.25, 0.3) is 0 Å². The van der Waals surface area contributed by atoms with Gasteiger partial charge in [0.05, 0.1) is 28.5 Å². The van der Waals surface area contributed by atoms with Gasteiger partial charge in [-0.2, -0.15) is 5.10 Å². The van der Waals surface area contributed by atoms with Crippen LogP contribution in [-0.4, -0.2) is 39.3 Å². The molecular weight excluding hydrogens is 342 g/mol. The third kappa shape index (κ3) is 4.62. The van der Waals surface area contributed by atoms with Crippen molar-refractivity contribution in [1.82, 2.24) is 19.8 Å². The lowest BCUT2D eigenvalue weighted by atomic mass is 10.2.